The van der Waals surface area contributed by atoms with Gasteiger partial charge in [0.15, 0.2) is 0 Å². The molecule has 0 aromatic heterocycles. The second kappa shape index (κ2) is 3.09. The van der Waals surface area contributed by atoms with Crippen LogP contribution in [-0.4, -0.2) is 24.1 Å². The SMILES string of the molecule is C=C(C)C(=O)O[C@H]1C2CC3C(=O)OC1C3C2. The molecule has 2 aliphatic carbocycles. The quantitative estimate of drug-likeness (QED) is 0.517. The average molecular weight is 222 g/mol. The highest BCUT2D eigenvalue weighted by atomic mass is 16.6. The Labute approximate surface area is 93.6 Å². The number of hydrogen-bond acceptors (Lipinski definition) is 4. The maximum atomic E-state index is 11.5. The van der Waals surface area contributed by atoms with E-state index in [2.05, 4.69) is 6.58 Å². The largest absolute Gasteiger partial charge is 0.458 e. The van der Waals surface area contributed by atoms with E-state index in [1.54, 1.807) is 6.92 Å². The predicted molar refractivity (Wildman–Crippen MR) is 54.3 cm³/mol. The fraction of sp³-hybridized carbons (Fsp3) is 0.667. The summed E-state index contributed by atoms with van der Waals surface area (Å²) in [6.07, 6.45) is 1.33. The molecule has 2 bridgehead atoms. The van der Waals surface area contributed by atoms with Crippen molar-refractivity contribution in [1.29, 1.82) is 0 Å². The Morgan fingerprint density at radius 3 is 2.94 bits per heavy atom. The van der Waals surface area contributed by atoms with Crippen LogP contribution < -0.4 is 0 Å². The van der Waals surface area contributed by atoms with Gasteiger partial charge in [-0.25, -0.2) is 4.79 Å². The molecule has 1 saturated heterocycles. The smallest absolute Gasteiger partial charge is 0.333 e. The highest BCUT2D eigenvalue weighted by Gasteiger charge is 2.63. The molecule has 0 amide bonds. The minimum Gasteiger partial charge on any atom is -0.458 e. The number of fused-ring (bicyclic) bond motifs is 1. The van der Waals surface area contributed by atoms with Gasteiger partial charge in [-0.15, -0.1) is 0 Å². The Morgan fingerprint density at radius 2 is 2.25 bits per heavy atom. The van der Waals surface area contributed by atoms with Crippen molar-refractivity contribution in [2.24, 2.45) is 17.8 Å². The van der Waals surface area contributed by atoms with Crippen LogP contribution in [0.3, 0.4) is 0 Å². The molecule has 0 aromatic rings. The predicted octanol–water partition coefficient (Wildman–Crippen LogP) is 1.06. The van der Waals surface area contributed by atoms with Crippen LogP contribution in [0.1, 0.15) is 19.8 Å². The molecule has 0 N–H and O–H groups in total. The van der Waals surface area contributed by atoms with Crippen molar-refractivity contribution in [2.75, 3.05) is 0 Å². The third-order valence-corrected chi connectivity index (χ3v) is 4.01. The van der Waals surface area contributed by atoms with E-state index >= 15 is 0 Å². The topological polar surface area (TPSA) is 52.6 Å². The van der Waals surface area contributed by atoms with E-state index < -0.39 is 0 Å². The first-order valence-electron chi connectivity index (χ1n) is 5.65. The maximum absolute atomic E-state index is 11.5. The molecular weight excluding hydrogens is 208 g/mol. The van der Waals surface area contributed by atoms with Gasteiger partial charge in [0.05, 0.1) is 5.92 Å². The molecule has 4 nitrogen and oxygen atoms in total. The second-order valence-corrected chi connectivity index (χ2v) is 5.05. The molecular formula is C12H14O4. The summed E-state index contributed by atoms with van der Waals surface area (Å²) in [5.74, 6) is 0.161. The molecule has 16 heavy (non-hydrogen) atoms. The summed E-state index contributed by atoms with van der Waals surface area (Å²) >= 11 is 0. The van der Waals surface area contributed by atoms with Crippen LogP contribution in [0.4, 0.5) is 0 Å². The fourth-order valence-electron chi connectivity index (χ4n) is 3.29. The van der Waals surface area contributed by atoms with Crippen molar-refractivity contribution >= 4 is 11.9 Å². The molecule has 3 rings (SSSR count). The molecule has 4 unspecified atom stereocenters. The zero-order chi connectivity index (χ0) is 11.4. The van der Waals surface area contributed by atoms with Crippen LogP contribution in [0, 0.1) is 17.8 Å². The minimum atomic E-state index is -0.378. The zero-order valence-electron chi connectivity index (χ0n) is 9.14. The van der Waals surface area contributed by atoms with Crippen LogP contribution >= 0.6 is 0 Å². The lowest BCUT2D eigenvalue weighted by atomic mass is 9.88. The first-order chi connectivity index (χ1) is 7.58. The van der Waals surface area contributed by atoms with E-state index in [1.807, 2.05) is 0 Å². The van der Waals surface area contributed by atoms with Gasteiger partial charge in [-0.3, -0.25) is 4.79 Å². The van der Waals surface area contributed by atoms with E-state index in [1.165, 1.54) is 0 Å². The van der Waals surface area contributed by atoms with Gasteiger partial charge in [0.2, 0.25) is 0 Å². The molecule has 0 aromatic carbocycles. The van der Waals surface area contributed by atoms with Gasteiger partial charge in [-0.05, 0) is 19.8 Å². The maximum Gasteiger partial charge on any atom is 0.333 e. The summed E-state index contributed by atoms with van der Waals surface area (Å²) in [5.41, 5.74) is 0.392. The van der Waals surface area contributed by atoms with Gasteiger partial charge in [0.1, 0.15) is 12.2 Å². The fourth-order valence-corrected chi connectivity index (χ4v) is 3.29. The monoisotopic (exact) mass is 222 g/mol. The molecule has 2 saturated carbocycles. The van der Waals surface area contributed by atoms with Crippen molar-refractivity contribution in [3.05, 3.63) is 12.2 Å². The zero-order valence-corrected chi connectivity index (χ0v) is 9.14. The molecule has 3 aliphatic rings. The van der Waals surface area contributed by atoms with E-state index in [0.717, 1.165) is 12.8 Å². The summed E-state index contributed by atoms with van der Waals surface area (Å²) in [7, 11) is 0. The molecule has 0 spiro atoms. The Bertz CT molecular complexity index is 386. The summed E-state index contributed by atoms with van der Waals surface area (Å²) in [6, 6.07) is 0. The van der Waals surface area contributed by atoms with E-state index in [0.29, 0.717) is 11.5 Å². The normalized spacial score (nSPS) is 43.3. The number of ether oxygens (including phenoxy) is 2. The average Bonchev–Trinajstić information content (AvgIpc) is 2.81. The first-order valence-corrected chi connectivity index (χ1v) is 5.65. The van der Waals surface area contributed by atoms with Crippen molar-refractivity contribution in [1.82, 2.24) is 0 Å². The molecule has 3 fully saturated rings. The lowest BCUT2D eigenvalue weighted by Crippen LogP contribution is -2.36. The number of carbonyl (C=O) groups excluding carboxylic acids is 2. The number of carbonyl (C=O) groups is 2. The molecule has 86 valence electrons. The number of hydrogen-bond donors (Lipinski definition) is 0. The minimum absolute atomic E-state index is 0.0646. The summed E-state index contributed by atoms with van der Waals surface area (Å²) in [5, 5.41) is 0. The molecule has 4 heteroatoms. The summed E-state index contributed by atoms with van der Waals surface area (Å²) < 4.78 is 10.7. The van der Waals surface area contributed by atoms with Crippen molar-refractivity contribution in [2.45, 2.75) is 32.0 Å². The van der Waals surface area contributed by atoms with Gasteiger partial charge in [-0.1, -0.05) is 6.58 Å². The lowest BCUT2D eigenvalue weighted by Gasteiger charge is -2.25. The van der Waals surface area contributed by atoms with E-state index in [-0.39, 0.29) is 36.0 Å². The van der Waals surface area contributed by atoms with E-state index in [9.17, 15) is 9.59 Å². The van der Waals surface area contributed by atoms with Crippen molar-refractivity contribution in [3.8, 4) is 0 Å². The molecule has 5 atom stereocenters. The van der Waals surface area contributed by atoms with Gasteiger partial charge < -0.3 is 9.47 Å². The van der Waals surface area contributed by atoms with Gasteiger partial charge in [-0.2, -0.15) is 0 Å². The standard InChI is InChI=1S/C12H14O4/c1-5(2)11(13)15-9-6-3-7-8(4-6)12(14)16-10(7)9/h6-10H,1,3-4H2,2H3/t6?,7?,8?,9-,10?/m0/s1. The summed E-state index contributed by atoms with van der Waals surface area (Å²) in [6.45, 7) is 5.18. The van der Waals surface area contributed by atoms with Gasteiger partial charge in [0, 0.05) is 17.4 Å². The Morgan fingerprint density at radius 1 is 1.50 bits per heavy atom. The number of esters is 2. The second-order valence-electron chi connectivity index (χ2n) is 5.05. The lowest BCUT2D eigenvalue weighted by molar-refractivity contribution is -0.158. The highest BCUT2D eigenvalue weighted by Crippen LogP contribution is 2.55. The summed E-state index contributed by atoms with van der Waals surface area (Å²) in [4.78, 5) is 22.9. The Kier molecular flexibility index (Phi) is 1.91. The third-order valence-electron chi connectivity index (χ3n) is 4.01. The van der Waals surface area contributed by atoms with Crippen LogP contribution in [0.15, 0.2) is 12.2 Å². The van der Waals surface area contributed by atoms with Crippen molar-refractivity contribution in [3.63, 3.8) is 0 Å². The number of rotatable bonds is 2. The van der Waals surface area contributed by atoms with Crippen LogP contribution in [0.2, 0.25) is 0 Å². The van der Waals surface area contributed by atoms with Crippen LogP contribution in [-0.2, 0) is 19.1 Å². The Balaban J connectivity index is 1.77. The molecule has 0 radical (unpaired) electrons. The third kappa shape index (κ3) is 1.16. The van der Waals surface area contributed by atoms with Gasteiger partial charge in [0.25, 0.3) is 0 Å². The van der Waals surface area contributed by atoms with E-state index in [4.69, 9.17) is 9.47 Å². The molecule has 1 aliphatic heterocycles. The van der Waals surface area contributed by atoms with Crippen LogP contribution in [0.5, 0.6) is 0 Å². The first kappa shape index (κ1) is 9.87. The van der Waals surface area contributed by atoms with Crippen LogP contribution in [0.25, 0.3) is 0 Å². The highest BCUT2D eigenvalue weighted by molar-refractivity contribution is 5.87. The van der Waals surface area contributed by atoms with Gasteiger partial charge >= 0.3 is 11.9 Å². The molecule has 1 heterocycles. The Hall–Kier alpha value is -1.32. The van der Waals surface area contributed by atoms with Crippen molar-refractivity contribution < 1.29 is 19.1 Å².